The molecule has 0 atom stereocenters. The molecule has 2 heteroatoms. The van der Waals surface area contributed by atoms with Gasteiger partial charge in [0.05, 0.1) is 6.42 Å². The number of ketones is 1. The highest BCUT2D eigenvalue weighted by atomic mass is 16.1. The highest BCUT2D eigenvalue weighted by molar-refractivity contribution is 5.81. The topological polar surface area (TPSA) is 43.1 Å². The number of Topliss-reactive ketones (excluding diaryl/α,β-unsaturated/α-hetero) is 1. The highest BCUT2D eigenvalue weighted by Gasteiger charge is 2.00. The van der Waals surface area contributed by atoms with Gasteiger partial charge in [0.1, 0.15) is 5.78 Å². The van der Waals surface area contributed by atoms with Gasteiger partial charge in [-0.3, -0.25) is 4.79 Å². The molecule has 0 spiro atoms. The molecule has 1 rings (SSSR count). The third-order valence-corrected chi connectivity index (χ3v) is 2.11. The molecule has 0 aromatic heterocycles. The van der Waals surface area contributed by atoms with Crippen LogP contribution in [0.4, 0.5) is 5.69 Å². The van der Waals surface area contributed by atoms with Crippen LogP contribution in [0.25, 0.3) is 0 Å². The van der Waals surface area contributed by atoms with Gasteiger partial charge in [0, 0.05) is 12.1 Å². The molecule has 2 N–H and O–H groups in total. The molecular weight excluding hydrogens is 186 g/mol. The zero-order valence-corrected chi connectivity index (χ0v) is 8.92. The molecule has 0 saturated heterocycles. The van der Waals surface area contributed by atoms with Crippen LogP contribution < -0.4 is 5.73 Å². The van der Waals surface area contributed by atoms with Crippen LogP contribution in [0.3, 0.4) is 0 Å². The zero-order valence-electron chi connectivity index (χ0n) is 8.92. The number of nitrogen functional groups attached to an aromatic ring is 1. The van der Waals surface area contributed by atoms with Gasteiger partial charge < -0.3 is 5.73 Å². The van der Waals surface area contributed by atoms with E-state index in [0.717, 1.165) is 17.7 Å². The summed E-state index contributed by atoms with van der Waals surface area (Å²) in [6.07, 6.45) is 1.65. The van der Waals surface area contributed by atoms with Crippen molar-refractivity contribution >= 4 is 11.5 Å². The van der Waals surface area contributed by atoms with Crippen LogP contribution in [0, 0.1) is 11.8 Å². The minimum atomic E-state index is 0.187. The van der Waals surface area contributed by atoms with E-state index in [1.165, 1.54) is 0 Å². The van der Waals surface area contributed by atoms with E-state index < -0.39 is 0 Å². The van der Waals surface area contributed by atoms with Gasteiger partial charge in [0.15, 0.2) is 0 Å². The van der Waals surface area contributed by atoms with Crippen molar-refractivity contribution in [2.24, 2.45) is 0 Å². The van der Waals surface area contributed by atoms with Gasteiger partial charge in [0.25, 0.3) is 0 Å². The van der Waals surface area contributed by atoms with Crippen molar-refractivity contribution in [3.05, 3.63) is 29.8 Å². The lowest BCUT2D eigenvalue weighted by Gasteiger charge is -2.00. The van der Waals surface area contributed by atoms with Crippen molar-refractivity contribution in [2.75, 3.05) is 5.73 Å². The van der Waals surface area contributed by atoms with Crippen molar-refractivity contribution in [1.82, 2.24) is 0 Å². The number of benzene rings is 1. The van der Waals surface area contributed by atoms with E-state index >= 15 is 0 Å². The van der Waals surface area contributed by atoms with Crippen molar-refractivity contribution < 1.29 is 4.79 Å². The number of rotatable bonds is 4. The first kappa shape index (κ1) is 11.3. The Labute approximate surface area is 90.5 Å². The molecular formula is C13H15NO. The molecule has 1 aromatic rings. The Morgan fingerprint density at radius 1 is 1.47 bits per heavy atom. The molecule has 78 valence electrons. The van der Waals surface area contributed by atoms with Crippen LogP contribution in [-0.2, 0) is 11.2 Å². The second-order valence-corrected chi connectivity index (χ2v) is 3.39. The molecule has 15 heavy (non-hydrogen) atoms. The van der Waals surface area contributed by atoms with Crippen LogP contribution in [0.15, 0.2) is 24.3 Å². The summed E-state index contributed by atoms with van der Waals surface area (Å²) >= 11 is 0. The predicted octanol–water partition coefficient (Wildman–Crippen LogP) is 2.18. The standard InChI is InChI=1S/C13H15NO/c1-2-3-7-13(15)9-8-11-5-4-6-12(14)10-11/h4-6,10H,7-9,14H2,1H3. The summed E-state index contributed by atoms with van der Waals surface area (Å²) in [5, 5.41) is 0. The smallest absolute Gasteiger partial charge is 0.145 e. The quantitative estimate of drug-likeness (QED) is 0.599. The average Bonchev–Trinajstić information content (AvgIpc) is 2.23. The van der Waals surface area contributed by atoms with Crippen molar-refractivity contribution in [3.63, 3.8) is 0 Å². The first-order valence-electron chi connectivity index (χ1n) is 4.98. The largest absolute Gasteiger partial charge is 0.399 e. The van der Waals surface area contributed by atoms with Crippen molar-refractivity contribution in [1.29, 1.82) is 0 Å². The lowest BCUT2D eigenvalue weighted by molar-refractivity contribution is -0.118. The summed E-state index contributed by atoms with van der Waals surface area (Å²) < 4.78 is 0. The zero-order chi connectivity index (χ0) is 11.1. The van der Waals surface area contributed by atoms with Gasteiger partial charge in [-0.05, 0) is 31.0 Å². The van der Waals surface area contributed by atoms with Gasteiger partial charge >= 0.3 is 0 Å². The summed E-state index contributed by atoms with van der Waals surface area (Å²) in [5.41, 5.74) is 7.49. The monoisotopic (exact) mass is 201 g/mol. The molecule has 0 amide bonds. The molecule has 0 radical (unpaired) electrons. The summed E-state index contributed by atoms with van der Waals surface area (Å²) in [6, 6.07) is 7.63. The number of nitrogens with two attached hydrogens (primary N) is 1. The lowest BCUT2D eigenvalue weighted by Crippen LogP contribution is -1.99. The maximum Gasteiger partial charge on any atom is 0.145 e. The molecule has 0 heterocycles. The van der Waals surface area contributed by atoms with Gasteiger partial charge in [0.2, 0.25) is 0 Å². The fourth-order valence-electron chi connectivity index (χ4n) is 1.31. The van der Waals surface area contributed by atoms with Crippen LogP contribution in [-0.4, -0.2) is 5.78 Å². The van der Waals surface area contributed by atoms with Crippen LogP contribution in [0.5, 0.6) is 0 Å². The normalized spacial score (nSPS) is 9.13. The molecule has 1 aromatic carbocycles. The highest BCUT2D eigenvalue weighted by Crippen LogP contribution is 2.09. The summed E-state index contributed by atoms with van der Waals surface area (Å²) in [6.45, 7) is 1.74. The Balaban J connectivity index is 2.42. The Morgan fingerprint density at radius 2 is 2.27 bits per heavy atom. The Kier molecular flexibility index (Phi) is 4.43. The van der Waals surface area contributed by atoms with E-state index in [1.54, 1.807) is 6.92 Å². The molecule has 0 fully saturated rings. The average molecular weight is 201 g/mol. The third kappa shape index (κ3) is 4.33. The molecule has 0 aliphatic carbocycles. The van der Waals surface area contributed by atoms with E-state index in [2.05, 4.69) is 11.8 Å². The summed E-state index contributed by atoms with van der Waals surface area (Å²) in [4.78, 5) is 11.3. The SMILES string of the molecule is CC#CCC(=O)CCc1cccc(N)c1. The van der Waals surface area contributed by atoms with Crippen molar-refractivity contribution in [3.8, 4) is 11.8 Å². The first-order valence-corrected chi connectivity index (χ1v) is 4.98. The Hall–Kier alpha value is -1.75. The molecule has 2 nitrogen and oxygen atoms in total. The first-order chi connectivity index (χ1) is 7.22. The van der Waals surface area contributed by atoms with Gasteiger partial charge in [-0.2, -0.15) is 0 Å². The van der Waals surface area contributed by atoms with E-state index in [4.69, 9.17) is 5.73 Å². The third-order valence-electron chi connectivity index (χ3n) is 2.11. The number of hydrogen-bond donors (Lipinski definition) is 1. The van der Waals surface area contributed by atoms with E-state index in [-0.39, 0.29) is 5.78 Å². The second-order valence-electron chi connectivity index (χ2n) is 3.39. The maximum absolute atomic E-state index is 11.3. The molecule has 0 bridgehead atoms. The Morgan fingerprint density at radius 3 is 2.93 bits per heavy atom. The summed E-state index contributed by atoms with van der Waals surface area (Å²) in [7, 11) is 0. The number of aryl methyl sites for hydroxylation is 1. The number of carbonyl (C=O) groups excluding carboxylic acids is 1. The fraction of sp³-hybridized carbons (Fsp3) is 0.308. The van der Waals surface area contributed by atoms with Crippen LogP contribution in [0.1, 0.15) is 25.3 Å². The van der Waals surface area contributed by atoms with Crippen LogP contribution in [0.2, 0.25) is 0 Å². The Bertz CT molecular complexity index is 398. The van der Waals surface area contributed by atoms with Gasteiger partial charge in [-0.1, -0.05) is 18.1 Å². The van der Waals surface area contributed by atoms with Crippen molar-refractivity contribution in [2.45, 2.75) is 26.2 Å². The summed E-state index contributed by atoms with van der Waals surface area (Å²) in [5.74, 6) is 5.67. The number of hydrogen-bond acceptors (Lipinski definition) is 2. The fourth-order valence-corrected chi connectivity index (χ4v) is 1.31. The van der Waals surface area contributed by atoms with E-state index in [9.17, 15) is 4.79 Å². The predicted molar refractivity (Wildman–Crippen MR) is 62.2 cm³/mol. The van der Waals surface area contributed by atoms with E-state index in [1.807, 2.05) is 24.3 Å². The number of carbonyl (C=O) groups is 1. The van der Waals surface area contributed by atoms with Gasteiger partial charge in [-0.15, -0.1) is 5.92 Å². The molecule has 0 aliphatic rings. The minimum Gasteiger partial charge on any atom is -0.399 e. The maximum atomic E-state index is 11.3. The molecule has 0 unspecified atom stereocenters. The van der Waals surface area contributed by atoms with Crippen LogP contribution >= 0.6 is 0 Å². The lowest BCUT2D eigenvalue weighted by atomic mass is 10.1. The molecule has 0 aliphatic heterocycles. The molecule has 0 saturated carbocycles. The second kappa shape index (κ2) is 5.87. The van der Waals surface area contributed by atoms with Gasteiger partial charge in [-0.25, -0.2) is 0 Å². The number of anilines is 1. The minimum absolute atomic E-state index is 0.187. The van der Waals surface area contributed by atoms with E-state index in [0.29, 0.717) is 12.8 Å².